The predicted octanol–water partition coefficient (Wildman–Crippen LogP) is 4.58. The van der Waals surface area contributed by atoms with Crippen molar-refractivity contribution >= 4 is 40.0 Å². The number of Topliss-reactive ketones (excluding diaryl/α,β-unsaturated/α-hetero) is 1. The van der Waals surface area contributed by atoms with E-state index in [0.29, 0.717) is 52.2 Å². The highest BCUT2D eigenvalue weighted by Gasteiger charge is 2.44. The fourth-order valence-corrected chi connectivity index (χ4v) is 4.46. The molecule has 0 fully saturated rings. The van der Waals surface area contributed by atoms with Gasteiger partial charge in [-0.25, -0.2) is 0 Å². The number of rotatable bonds is 3. The first-order chi connectivity index (χ1) is 14.3. The van der Waals surface area contributed by atoms with Gasteiger partial charge in [0.1, 0.15) is 11.5 Å². The average Bonchev–Trinajstić information content (AvgIpc) is 2.67. The van der Waals surface area contributed by atoms with Crippen LogP contribution in [0.2, 0.25) is 5.02 Å². The van der Waals surface area contributed by atoms with Crippen LogP contribution in [0.4, 0.5) is 0 Å². The molecule has 2 heterocycles. The number of aliphatic imine (C=N–C) groups is 1. The Labute approximate surface area is 178 Å². The van der Waals surface area contributed by atoms with Crippen LogP contribution >= 0.6 is 11.6 Å². The zero-order chi connectivity index (χ0) is 21.6. The lowest BCUT2D eigenvalue weighted by atomic mass is 9.72. The molecule has 7 heteroatoms. The van der Waals surface area contributed by atoms with Gasteiger partial charge in [0.05, 0.1) is 17.8 Å². The monoisotopic (exact) mass is 427 g/mol. The van der Waals surface area contributed by atoms with Crippen molar-refractivity contribution in [3.8, 4) is 0 Å². The molecule has 30 heavy (non-hydrogen) atoms. The fraction of sp³-hybridized carbons (Fsp3) is 0.391. The summed E-state index contributed by atoms with van der Waals surface area (Å²) < 4.78 is 11.2. The minimum Gasteiger partial charge on any atom is -0.464 e. The molecule has 2 aliphatic rings. The van der Waals surface area contributed by atoms with E-state index in [0.717, 1.165) is 0 Å². The maximum atomic E-state index is 13.4. The lowest BCUT2D eigenvalue weighted by molar-refractivity contribution is -0.150. The van der Waals surface area contributed by atoms with Gasteiger partial charge in [-0.05, 0) is 51.8 Å². The Hall–Kier alpha value is -2.73. The third-order valence-electron chi connectivity index (χ3n) is 5.54. The van der Waals surface area contributed by atoms with Gasteiger partial charge in [0.2, 0.25) is 0 Å². The van der Waals surface area contributed by atoms with Gasteiger partial charge >= 0.3 is 5.97 Å². The van der Waals surface area contributed by atoms with Crippen molar-refractivity contribution in [2.24, 2.45) is 10.9 Å². The Morgan fingerprint density at radius 2 is 2.03 bits per heavy atom. The second kappa shape index (κ2) is 7.84. The summed E-state index contributed by atoms with van der Waals surface area (Å²) in [6.07, 6.45) is 2.70. The normalized spacial score (nSPS) is 21.6. The van der Waals surface area contributed by atoms with E-state index >= 15 is 0 Å². The Bertz CT molecular complexity index is 1170. The highest BCUT2D eigenvalue weighted by molar-refractivity contribution is 6.31. The van der Waals surface area contributed by atoms with Gasteiger partial charge in [-0.2, -0.15) is 0 Å². The summed E-state index contributed by atoms with van der Waals surface area (Å²) >= 11 is 6.08. The molecular formula is C23H22ClNO5. The summed E-state index contributed by atoms with van der Waals surface area (Å²) in [6, 6.07) is 4.80. The number of nitrogens with zero attached hydrogens (tertiary/aromatic N) is 1. The van der Waals surface area contributed by atoms with Crippen molar-refractivity contribution in [3.63, 3.8) is 0 Å². The third-order valence-corrected chi connectivity index (χ3v) is 5.77. The van der Waals surface area contributed by atoms with Crippen LogP contribution in [-0.4, -0.2) is 23.6 Å². The van der Waals surface area contributed by atoms with E-state index in [4.69, 9.17) is 20.8 Å². The van der Waals surface area contributed by atoms with Gasteiger partial charge < -0.3 is 9.15 Å². The number of esters is 1. The van der Waals surface area contributed by atoms with Crippen molar-refractivity contribution in [3.05, 3.63) is 56.5 Å². The van der Waals surface area contributed by atoms with Gasteiger partial charge in [-0.15, -0.1) is 0 Å². The van der Waals surface area contributed by atoms with Crippen LogP contribution in [0.15, 0.2) is 49.9 Å². The SMILES string of the molecule is CC1=NC2=C(C(=O)CCC2)[C@H](c2coc3ccc(Cl)cc3c2=O)C1C(=O)OC(C)C. The van der Waals surface area contributed by atoms with Crippen LogP contribution < -0.4 is 5.43 Å². The number of allylic oxidation sites excluding steroid dienone is 2. The molecule has 6 nitrogen and oxygen atoms in total. The number of halogens is 1. The fourth-order valence-electron chi connectivity index (χ4n) is 4.29. The number of carbonyl (C=O) groups excluding carboxylic acids is 2. The Morgan fingerprint density at radius 3 is 2.77 bits per heavy atom. The third kappa shape index (κ3) is 3.49. The van der Waals surface area contributed by atoms with Crippen molar-refractivity contribution in [2.75, 3.05) is 0 Å². The van der Waals surface area contributed by atoms with Crippen LogP contribution in [0, 0.1) is 5.92 Å². The molecule has 0 radical (unpaired) electrons. The number of fused-ring (bicyclic) bond motifs is 1. The molecule has 0 bridgehead atoms. The minimum absolute atomic E-state index is 0.0922. The summed E-state index contributed by atoms with van der Waals surface area (Å²) in [4.78, 5) is 43.9. The standard InChI is InChI=1S/C23H22ClNO5/c1-11(2)30-23(28)19-12(3)25-16-5-4-6-17(26)21(16)20(19)15-10-29-18-8-7-13(24)9-14(18)22(15)27/h7-11,19-20H,4-6H2,1-3H3/t19?,20-/m1/s1. The molecule has 0 N–H and O–H groups in total. The molecular weight excluding hydrogens is 406 g/mol. The van der Waals surface area contributed by atoms with E-state index in [1.54, 1.807) is 32.9 Å². The maximum absolute atomic E-state index is 13.4. The highest BCUT2D eigenvalue weighted by Crippen LogP contribution is 2.43. The van der Waals surface area contributed by atoms with E-state index in [-0.39, 0.29) is 22.9 Å². The van der Waals surface area contributed by atoms with Crippen molar-refractivity contribution in [1.29, 1.82) is 0 Å². The molecule has 2 atom stereocenters. The number of ether oxygens (including phenoxy) is 1. The zero-order valence-corrected chi connectivity index (χ0v) is 17.8. The lowest BCUT2D eigenvalue weighted by Crippen LogP contribution is -2.39. The molecule has 1 aliphatic carbocycles. The van der Waals surface area contributed by atoms with Crippen LogP contribution in [0.5, 0.6) is 0 Å². The molecule has 1 aliphatic heterocycles. The Kier molecular flexibility index (Phi) is 5.36. The first-order valence-electron chi connectivity index (χ1n) is 10.0. The van der Waals surface area contributed by atoms with E-state index in [2.05, 4.69) is 4.99 Å². The first-order valence-corrected chi connectivity index (χ1v) is 10.4. The van der Waals surface area contributed by atoms with Gasteiger partial charge in [-0.3, -0.25) is 19.4 Å². The molecule has 1 aromatic heterocycles. The number of benzene rings is 1. The van der Waals surface area contributed by atoms with Crippen molar-refractivity contribution in [2.45, 2.75) is 52.1 Å². The van der Waals surface area contributed by atoms with Crippen LogP contribution in [0.3, 0.4) is 0 Å². The summed E-state index contributed by atoms with van der Waals surface area (Å²) in [5.74, 6) is -2.26. The second-order valence-corrected chi connectivity index (χ2v) is 8.43. The lowest BCUT2D eigenvalue weighted by Gasteiger charge is -2.34. The number of carbonyl (C=O) groups is 2. The quantitative estimate of drug-likeness (QED) is 0.669. The molecule has 156 valence electrons. The summed E-state index contributed by atoms with van der Waals surface area (Å²) in [5.41, 5.74) is 1.92. The summed E-state index contributed by atoms with van der Waals surface area (Å²) in [5, 5.41) is 0.708. The van der Waals surface area contributed by atoms with Crippen LogP contribution in [0.1, 0.15) is 51.5 Å². The van der Waals surface area contributed by atoms with Gasteiger partial charge in [0.15, 0.2) is 11.2 Å². The number of hydrogen-bond donors (Lipinski definition) is 0. The van der Waals surface area contributed by atoms with Gasteiger partial charge in [-0.1, -0.05) is 11.6 Å². The van der Waals surface area contributed by atoms with E-state index in [1.165, 1.54) is 12.3 Å². The average molecular weight is 428 g/mol. The zero-order valence-electron chi connectivity index (χ0n) is 17.0. The number of hydrogen-bond acceptors (Lipinski definition) is 6. The molecule has 1 unspecified atom stereocenters. The van der Waals surface area contributed by atoms with Crippen molar-refractivity contribution in [1.82, 2.24) is 0 Å². The Balaban J connectivity index is 1.96. The molecule has 1 aromatic carbocycles. The number of ketones is 1. The summed E-state index contributed by atoms with van der Waals surface area (Å²) in [7, 11) is 0. The van der Waals surface area contributed by atoms with Crippen LogP contribution in [0.25, 0.3) is 11.0 Å². The maximum Gasteiger partial charge on any atom is 0.315 e. The molecule has 2 aromatic rings. The predicted molar refractivity (Wildman–Crippen MR) is 114 cm³/mol. The van der Waals surface area contributed by atoms with Crippen molar-refractivity contribution < 1.29 is 18.7 Å². The second-order valence-electron chi connectivity index (χ2n) is 7.99. The van der Waals surface area contributed by atoms with Crippen LogP contribution in [-0.2, 0) is 14.3 Å². The molecule has 0 spiro atoms. The molecule has 0 amide bonds. The minimum atomic E-state index is -0.868. The van der Waals surface area contributed by atoms with E-state index < -0.39 is 17.8 Å². The Morgan fingerprint density at radius 1 is 1.27 bits per heavy atom. The highest BCUT2D eigenvalue weighted by atomic mass is 35.5. The first kappa shape index (κ1) is 20.5. The molecule has 0 saturated heterocycles. The summed E-state index contributed by atoms with van der Waals surface area (Å²) in [6.45, 7) is 5.25. The van der Waals surface area contributed by atoms with Gasteiger partial charge in [0.25, 0.3) is 0 Å². The van der Waals surface area contributed by atoms with E-state index in [1.807, 2.05) is 0 Å². The topological polar surface area (TPSA) is 85.9 Å². The van der Waals surface area contributed by atoms with Gasteiger partial charge in [0, 0.05) is 39.9 Å². The molecule has 4 rings (SSSR count). The molecule has 0 saturated carbocycles. The van der Waals surface area contributed by atoms with E-state index in [9.17, 15) is 14.4 Å². The smallest absolute Gasteiger partial charge is 0.315 e. The largest absolute Gasteiger partial charge is 0.464 e.